The lowest BCUT2D eigenvalue weighted by atomic mass is 9.95. The number of hydrogen-bond donors (Lipinski definition) is 3. The minimum Gasteiger partial charge on any atom is -0.506 e. The highest BCUT2D eigenvalue weighted by atomic mass is 16.3. The van der Waals surface area contributed by atoms with E-state index in [0.29, 0.717) is 17.9 Å². The van der Waals surface area contributed by atoms with Gasteiger partial charge in [-0.25, -0.2) is 0 Å². The van der Waals surface area contributed by atoms with Gasteiger partial charge in [0.05, 0.1) is 11.8 Å². The molecule has 1 aromatic heterocycles. The third-order valence-electron chi connectivity index (χ3n) is 3.08. The summed E-state index contributed by atoms with van der Waals surface area (Å²) in [7, 11) is 0. The highest BCUT2D eigenvalue weighted by Crippen LogP contribution is 2.15. The number of hydrogen-bond acceptors (Lipinski definition) is 4. The Balaban J connectivity index is 2.43. The summed E-state index contributed by atoms with van der Waals surface area (Å²) in [6.45, 7) is 6.13. The van der Waals surface area contributed by atoms with Crippen molar-refractivity contribution in [1.82, 2.24) is 10.3 Å². The topological polar surface area (TPSA) is 82.5 Å². The van der Waals surface area contributed by atoms with Crippen LogP contribution in [-0.2, 0) is 4.79 Å². The largest absolute Gasteiger partial charge is 0.506 e. The van der Waals surface area contributed by atoms with Gasteiger partial charge < -0.3 is 15.5 Å². The Labute approximate surface area is 125 Å². The van der Waals surface area contributed by atoms with Crippen LogP contribution in [0.2, 0.25) is 0 Å². The molecule has 0 radical (unpaired) electrons. The van der Waals surface area contributed by atoms with Crippen LogP contribution in [0.4, 0.5) is 0 Å². The summed E-state index contributed by atoms with van der Waals surface area (Å²) in [6.07, 6.45) is 7.34. The number of carbonyl (C=O) groups excluding carboxylic acids is 1. The number of rotatable bonds is 7. The van der Waals surface area contributed by atoms with Crippen LogP contribution < -0.4 is 5.32 Å². The third kappa shape index (κ3) is 7.46. The third-order valence-corrected chi connectivity index (χ3v) is 3.08. The second-order valence-corrected chi connectivity index (χ2v) is 5.96. The van der Waals surface area contributed by atoms with E-state index in [4.69, 9.17) is 0 Å². The smallest absolute Gasteiger partial charge is 0.244 e. The number of pyridine rings is 1. The molecule has 0 aliphatic heterocycles. The van der Waals surface area contributed by atoms with Crippen LogP contribution in [0.5, 0.6) is 5.75 Å². The van der Waals surface area contributed by atoms with Gasteiger partial charge in [-0.15, -0.1) is 0 Å². The van der Waals surface area contributed by atoms with Gasteiger partial charge in [0.25, 0.3) is 0 Å². The lowest BCUT2D eigenvalue weighted by Crippen LogP contribution is -2.40. The van der Waals surface area contributed by atoms with Crippen molar-refractivity contribution >= 4 is 12.0 Å². The second-order valence-electron chi connectivity index (χ2n) is 5.96. The first kappa shape index (κ1) is 17.2. The Bertz CT molecular complexity index is 496. The van der Waals surface area contributed by atoms with Crippen molar-refractivity contribution in [3.05, 3.63) is 30.1 Å². The van der Waals surface area contributed by atoms with Crippen LogP contribution in [0.3, 0.4) is 0 Å². The monoisotopic (exact) mass is 292 g/mol. The van der Waals surface area contributed by atoms with Crippen LogP contribution in [0.1, 0.15) is 39.2 Å². The van der Waals surface area contributed by atoms with Crippen molar-refractivity contribution in [2.45, 2.75) is 39.2 Å². The molecule has 21 heavy (non-hydrogen) atoms. The van der Waals surface area contributed by atoms with E-state index in [1.54, 1.807) is 19.2 Å². The standard InChI is InChI=1S/C16H24N2O3/c1-12(2)6-7-16(3,21)11-18-15(20)5-4-13-8-14(19)10-17-9-13/h4-5,8-10,12,19,21H,6-7,11H2,1-3H3,(H,18,20)/b5-4+. The molecule has 0 saturated carbocycles. The Hall–Kier alpha value is -1.88. The SMILES string of the molecule is CC(C)CCC(C)(O)CNC(=O)/C=C/c1cncc(O)c1. The fraction of sp³-hybridized carbons (Fsp3) is 0.500. The molecule has 5 heteroatoms. The molecule has 1 aromatic rings. The van der Waals surface area contributed by atoms with E-state index >= 15 is 0 Å². The molecule has 1 rings (SSSR count). The van der Waals surface area contributed by atoms with Gasteiger partial charge in [0, 0.05) is 18.8 Å². The Morgan fingerprint density at radius 3 is 2.81 bits per heavy atom. The lowest BCUT2D eigenvalue weighted by Gasteiger charge is -2.24. The number of aliphatic hydroxyl groups is 1. The maximum Gasteiger partial charge on any atom is 0.244 e. The Morgan fingerprint density at radius 1 is 1.48 bits per heavy atom. The average molecular weight is 292 g/mol. The normalized spacial score (nSPS) is 14.3. The van der Waals surface area contributed by atoms with Crippen LogP contribution in [0.15, 0.2) is 24.5 Å². The minimum absolute atomic E-state index is 0.0502. The van der Waals surface area contributed by atoms with E-state index < -0.39 is 5.60 Å². The van der Waals surface area contributed by atoms with Crippen LogP contribution in [0, 0.1) is 5.92 Å². The summed E-state index contributed by atoms with van der Waals surface area (Å²) in [6, 6.07) is 1.51. The summed E-state index contributed by atoms with van der Waals surface area (Å²) in [4.78, 5) is 15.5. The molecule has 1 heterocycles. The minimum atomic E-state index is -0.902. The number of nitrogens with zero attached hydrogens (tertiary/aromatic N) is 1. The maximum atomic E-state index is 11.7. The van der Waals surface area contributed by atoms with E-state index in [0.717, 1.165) is 6.42 Å². The van der Waals surface area contributed by atoms with Crippen molar-refractivity contribution < 1.29 is 15.0 Å². The van der Waals surface area contributed by atoms with Gasteiger partial charge >= 0.3 is 0 Å². The molecule has 0 aliphatic rings. The van der Waals surface area contributed by atoms with Crippen LogP contribution in [0.25, 0.3) is 6.08 Å². The molecular weight excluding hydrogens is 268 g/mol. The zero-order valence-electron chi connectivity index (χ0n) is 12.8. The highest BCUT2D eigenvalue weighted by Gasteiger charge is 2.20. The van der Waals surface area contributed by atoms with E-state index in [1.165, 1.54) is 18.3 Å². The molecule has 116 valence electrons. The Kier molecular flexibility index (Phi) is 6.37. The molecule has 5 nitrogen and oxygen atoms in total. The molecule has 0 spiro atoms. The molecule has 0 fully saturated rings. The predicted molar refractivity (Wildman–Crippen MR) is 82.6 cm³/mol. The number of carbonyl (C=O) groups is 1. The molecular formula is C16H24N2O3. The van der Waals surface area contributed by atoms with Crippen LogP contribution in [-0.4, -0.2) is 33.3 Å². The van der Waals surface area contributed by atoms with Crippen molar-refractivity contribution in [2.24, 2.45) is 5.92 Å². The van der Waals surface area contributed by atoms with E-state index in [9.17, 15) is 15.0 Å². The summed E-state index contributed by atoms with van der Waals surface area (Å²) in [5.41, 5.74) is -0.267. The van der Waals surface area contributed by atoms with Crippen molar-refractivity contribution in [3.8, 4) is 5.75 Å². The van der Waals surface area contributed by atoms with Crippen molar-refractivity contribution in [3.63, 3.8) is 0 Å². The molecule has 0 bridgehead atoms. The van der Waals surface area contributed by atoms with Crippen molar-refractivity contribution in [2.75, 3.05) is 6.54 Å². The number of aromatic nitrogens is 1. The summed E-state index contributed by atoms with van der Waals surface area (Å²) < 4.78 is 0. The average Bonchev–Trinajstić information content (AvgIpc) is 2.41. The van der Waals surface area contributed by atoms with Gasteiger partial charge in [-0.2, -0.15) is 0 Å². The number of amides is 1. The highest BCUT2D eigenvalue weighted by molar-refractivity contribution is 5.91. The molecule has 0 saturated heterocycles. The van der Waals surface area contributed by atoms with Gasteiger partial charge in [0.1, 0.15) is 5.75 Å². The molecule has 3 N–H and O–H groups in total. The zero-order chi connectivity index (χ0) is 15.9. The zero-order valence-corrected chi connectivity index (χ0v) is 12.8. The first-order valence-corrected chi connectivity index (χ1v) is 7.11. The van der Waals surface area contributed by atoms with Gasteiger partial charge in [-0.1, -0.05) is 13.8 Å². The first-order valence-electron chi connectivity index (χ1n) is 7.11. The van der Waals surface area contributed by atoms with Crippen LogP contribution >= 0.6 is 0 Å². The first-order chi connectivity index (χ1) is 9.78. The van der Waals surface area contributed by atoms with Crippen molar-refractivity contribution in [1.29, 1.82) is 0 Å². The quantitative estimate of drug-likeness (QED) is 0.672. The summed E-state index contributed by atoms with van der Waals surface area (Å²) in [5, 5.41) is 22.1. The fourth-order valence-electron chi connectivity index (χ4n) is 1.73. The lowest BCUT2D eigenvalue weighted by molar-refractivity contribution is -0.117. The molecule has 1 atom stereocenters. The molecule has 0 aliphatic carbocycles. The fourth-order valence-corrected chi connectivity index (χ4v) is 1.73. The predicted octanol–water partition coefficient (Wildman–Crippen LogP) is 2.10. The summed E-state index contributed by atoms with van der Waals surface area (Å²) in [5.74, 6) is 0.280. The Morgan fingerprint density at radius 2 is 2.19 bits per heavy atom. The van der Waals surface area contributed by atoms with Gasteiger partial charge in [-0.05, 0) is 43.4 Å². The van der Waals surface area contributed by atoms with E-state index in [2.05, 4.69) is 24.1 Å². The molecule has 1 unspecified atom stereocenters. The number of aromatic hydroxyl groups is 1. The van der Waals surface area contributed by atoms with Gasteiger partial charge in [0.2, 0.25) is 5.91 Å². The molecule has 0 aromatic carbocycles. The maximum absolute atomic E-state index is 11.7. The van der Waals surface area contributed by atoms with E-state index in [-0.39, 0.29) is 18.2 Å². The number of nitrogens with one attached hydrogen (secondary N) is 1. The second kappa shape index (κ2) is 7.78. The van der Waals surface area contributed by atoms with E-state index in [1.807, 2.05) is 0 Å². The van der Waals surface area contributed by atoms with Gasteiger partial charge in [-0.3, -0.25) is 9.78 Å². The molecule has 1 amide bonds. The summed E-state index contributed by atoms with van der Waals surface area (Å²) >= 11 is 0. The van der Waals surface area contributed by atoms with Gasteiger partial charge in [0.15, 0.2) is 0 Å².